The van der Waals surface area contributed by atoms with E-state index in [2.05, 4.69) is 4.98 Å². The maximum Gasteiger partial charge on any atom is 0.340 e. The number of carbonyl (C=O) groups excluding carboxylic acids is 1. The molecule has 3 rings (SSSR count). The molecule has 0 atom stereocenters. The van der Waals surface area contributed by atoms with E-state index in [1.807, 2.05) is 6.07 Å². The second kappa shape index (κ2) is 7.56. The van der Waals surface area contributed by atoms with Gasteiger partial charge in [0.05, 0.1) is 27.6 Å². The molecule has 3 aromatic rings. The third kappa shape index (κ3) is 3.54. The summed E-state index contributed by atoms with van der Waals surface area (Å²) in [6.45, 7) is -0.495. The second-order valence-electron chi connectivity index (χ2n) is 5.29. The molecule has 1 aromatic heterocycles. The normalized spacial score (nSPS) is 10.5. The number of rotatable bonds is 4. The van der Waals surface area contributed by atoms with Crippen LogP contribution in [-0.4, -0.2) is 15.5 Å². The minimum absolute atomic E-state index is 0.106. The second-order valence-corrected chi connectivity index (χ2v) is 6.14. The van der Waals surface area contributed by atoms with Crippen LogP contribution >= 0.6 is 23.2 Å². The van der Waals surface area contributed by atoms with Gasteiger partial charge >= 0.3 is 5.97 Å². The fourth-order valence-corrected chi connectivity index (χ4v) is 2.79. The largest absolute Gasteiger partial charge is 0.454 e. The van der Waals surface area contributed by atoms with Crippen molar-refractivity contribution in [1.82, 2.24) is 9.55 Å². The van der Waals surface area contributed by atoms with Gasteiger partial charge in [-0.3, -0.25) is 9.36 Å². The Morgan fingerprint density at radius 2 is 2.00 bits per heavy atom. The first-order chi connectivity index (χ1) is 12.5. The molecule has 0 bridgehead atoms. The summed E-state index contributed by atoms with van der Waals surface area (Å²) >= 11 is 11.9. The maximum atomic E-state index is 12.5. The Morgan fingerprint density at radius 1 is 1.23 bits per heavy atom. The van der Waals surface area contributed by atoms with Gasteiger partial charge in [0.1, 0.15) is 13.2 Å². The smallest absolute Gasteiger partial charge is 0.340 e. The summed E-state index contributed by atoms with van der Waals surface area (Å²) in [5.41, 5.74) is 0.191. The van der Waals surface area contributed by atoms with Crippen LogP contribution in [-0.2, 0) is 17.9 Å². The monoisotopic (exact) mass is 387 g/mol. The maximum absolute atomic E-state index is 12.5. The summed E-state index contributed by atoms with van der Waals surface area (Å²) in [5.74, 6) is -0.537. The highest BCUT2D eigenvalue weighted by atomic mass is 35.5. The Morgan fingerprint density at radius 3 is 2.77 bits per heavy atom. The molecule has 1 heterocycles. The number of esters is 1. The van der Waals surface area contributed by atoms with Gasteiger partial charge in [0.2, 0.25) is 0 Å². The first kappa shape index (κ1) is 17.9. The van der Waals surface area contributed by atoms with E-state index in [9.17, 15) is 9.59 Å². The average Bonchev–Trinajstić information content (AvgIpc) is 2.64. The average molecular weight is 388 g/mol. The van der Waals surface area contributed by atoms with E-state index in [-0.39, 0.29) is 35.1 Å². The summed E-state index contributed by atoms with van der Waals surface area (Å²) in [4.78, 5) is 29.1. The van der Waals surface area contributed by atoms with Gasteiger partial charge in [-0.15, -0.1) is 0 Å². The van der Waals surface area contributed by atoms with Gasteiger partial charge in [0.25, 0.3) is 5.56 Å². The number of hydrogen-bond acceptors (Lipinski definition) is 5. The van der Waals surface area contributed by atoms with E-state index in [1.165, 1.54) is 16.7 Å². The number of aromatic nitrogens is 2. The van der Waals surface area contributed by atoms with Crippen LogP contribution in [0.25, 0.3) is 10.9 Å². The van der Waals surface area contributed by atoms with E-state index in [4.69, 9.17) is 33.2 Å². The quantitative estimate of drug-likeness (QED) is 0.638. The number of halogens is 2. The van der Waals surface area contributed by atoms with Crippen LogP contribution in [0.5, 0.6) is 0 Å². The summed E-state index contributed by atoms with van der Waals surface area (Å²) in [6.07, 6.45) is 0. The van der Waals surface area contributed by atoms with Crippen molar-refractivity contribution in [3.05, 3.63) is 74.3 Å². The molecule has 0 saturated carbocycles. The van der Waals surface area contributed by atoms with Crippen LogP contribution in [0.1, 0.15) is 16.2 Å². The lowest BCUT2D eigenvalue weighted by Crippen LogP contribution is -2.26. The Labute approximate surface area is 158 Å². The van der Waals surface area contributed by atoms with Crippen LogP contribution in [0.15, 0.2) is 47.3 Å². The molecular formula is C18H11Cl2N3O3. The molecule has 0 aliphatic heterocycles. The SMILES string of the molecule is N#CCn1c(COC(=O)c2cc(Cl)ccc2Cl)nc2ccccc2c1=O. The van der Waals surface area contributed by atoms with Crippen molar-refractivity contribution in [1.29, 1.82) is 5.26 Å². The number of hydrogen-bond donors (Lipinski definition) is 0. The van der Waals surface area contributed by atoms with Crippen LogP contribution in [0.2, 0.25) is 10.0 Å². The highest BCUT2D eigenvalue weighted by molar-refractivity contribution is 6.35. The van der Waals surface area contributed by atoms with Crippen molar-refractivity contribution in [2.75, 3.05) is 0 Å². The molecule has 0 saturated heterocycles. The zero-order valence-electron chi connectivity index (χ0n) is 13.3. The Kier molecular flexibility index (Phi) is 5.21. The van der Waals surface area contributed by atoms with Crippen LogP contribution in [0.4, 0.5) is 0 Å². The zero-order valence-corrected chi connectivity index (χ0v) is 14.8. The predicted molar refractivity (Wildman–Crippen MR) is 97.2 cm³/mol. The molecule has 0 unspecified atom stereocenters. The van der Waals surface area contributed by atoms with Crippen LogP contribution < -0.4 is 5.56 Å². The number of fused-ring (bicyclic) bond motifs is 1. The minimum Gasteiger partial charge on any atom is -0.454 e. The number of nitrogens with zero attached hydrogens (tertiary/aromatic N) is 3. The summed E-state index contributed by atoms with van der Waals surface area (Å²) in [5, 5.41) is 9.90. The fourth-order valence-electron chi connectivity index (χ4n) is 2.42. The highest BCUT2D eigenvalue weighted by Crippen LogP contribution is 2.21. The Balaban J connectivity index is 1.94. The van der Waals surface area contributed by atoms with E-state index in [1.54, 1.807) is 30.3 Å². The molecule has 0 radical (unpaired) electrons. The van der Waals surface area contributed by atoms with Crippen molar-refractivity contribution in [3.8, 4) is 6.07 Å². The van der Waals surface area contributed by atoms with Crippen LogP contribution in [0.3, 0.4) is 0 Å². The van der Waals surface area contributed by atoms with Gasteiger partial charge in [0.15, 0.2) is 5.82 Å². The Hall–Kier alpha value is -2.88. The third-order valence-corrected chi connectivity index (χ3v) is 4.21. The molecule has 0 amide bonds. The lowest BCUT2D eigenvalue weighted by molar-refractivity contribution is 0.0457. The van der Waals surface area contributed by atoms with Gasteiger partial charge in [-0.25, -0.2) is 9.78 Å². The summed E-state index contributed by atoms with van der Waals surface area (Å²) in [6, 6.07) is 13.1. The lowest BCUT2D eigenvalue weighted by atomic mass is 10.2. The molecule has 0 aliphatic carbocycles. The number of ether oxygens (including phenoxy) is 1. The van der Waals surface area contributed by atoms with E-state index in [0.29, 0.717) is 15.9 Å². The molecule has 0 aliphatic rings. The van der Waals surface area contributed by atoms with E-state index < -0.39 is 5.97 Å². The molecule has 2 aromatic carbocycles. The number of carbonyl (C=O) groups is 1. The van der Waals surface area contributed by atoms with E-state index in [0.717, 1.165) is 0 Å². The number of benzene rings is 2. The van der Waals surface area contributed by atoms with Crippen molar-refractivity contribution in [2.45, 2.75) is 13.2 Å². The molecule has 0 spiro atoms. The summed E-state index contributed by atoms with van der Waals surface area (Å²) in [7, 11) is 0. The first-order valence-corrected chi connectivity index (χ1v) is 8.24. The number of para-hydroxylation sites is 1. The first-order valence-electron chi connectivity index (χ1n) is 7.49. The van der Waals surface area contributed by atoms with Crippen molar-refractivity contribution >= 4 is 40.1 Å². The Bertz CT molecular complexity index is 1100. The zero-order chi connectivity index (χ0) is 18.7. The van der Waals surface area contributed by atoms with Gasteiger partial charge in [-0.1, -0.05) is 35.3 Å². The fraction of sp³-hybridized carbons (Fsp3) is 0.111. The van der Waals surface area contributed by atoms with Gasteiger partial charge in [-0.05, 0) is 30.3 Å². The summed E-state index contributed by atoms with van der Waals surface area (Å²) < 4.78 is 6.40. The molecule has 0 fully saturated rings. The molecule has 0 N–H and O–H groups in total. The third-order valence-electron chi connectivity index (χ3n) is 3.65. The standard InChI is InChI=1S/C18H11Cl2N3O3/c19-11-5-6-14(20)13(9-11)18(25)26-10-16-22-15-4-2-1-3-12(15)17(24)23(16)8-7-21/h1-6,9H,8,10H2. The van der Waals surface area contributed by atoms with Crippen molar-refractivity contribution in [3.63, 3.8) is 0 Å². The predicted octanol–water partition coefficient (Wildman–Crippen LogP) is 3.58. The molecule has 130 valence electrons. The van der Waals surface area contributed by atoms with Crippen molar-refractivity contribution < 1.29 is 9.53 Å². The van der Waals surface area contributed by atoms with Gasteiger partial charge in [0, 0.05) is 5.02 Å². The molecular weight excluding hydrogens is 377 g/mol. The van der Waals surface area contributed by atoms with E-state index >= 15 is 0 Å². The molecule has 26 heavy (non-hydrogen) atoms. The van der Waals surface area contributed by atoms with Gasteiger partial charge < -0.3 is 4.74 Å². The van der Waals surface area contributed by atoms with Gasteiger partial charge in [-0.2, -0.15) is 5.26 Å². The molecule has 8 heteroatoms. The molecule has 6 nitrogen and oxygen atoms in total. The minimum atomic E-state index is -0.705. The van der Waals surface area contributed by atoms with Crippen LogP contribution in [0, 0.1) is 11.3 Å². The number of nitriles is 1. The topological polar surface area (TPSA) is 85.0 Å². The van der Waals surface area contributed by atoms with Crippen molar-refractivity contribution in [2.24, 2.45) is 0 Å². The lowest BCUT2D eigenvalue weighted by Gasteiger charge is -2.11. The highest BCUT2D eigenvalue weighted by Gasteiger charge is 2.16.